The highest BCUT2D eigenvalue weighted by atomic mass is 35.5. The Bertz CT molecular complexity index is 434. The first kappa shape index (κ1) is 15.6. The van der Waals surface area contributed by atoms with Crippen LogP contribution in [0.15, 0.2) is 24.3 Å². The minimum atomic E-state index is 0.167. The van der Waals surface area contributed by atoms with E-state index in [-0.39, 0.29) is 11.5 Å². The Kier molecular flexibility index (Phi) is 4.95. The second-order valence-electron chi connectivity index (χ2n) is 6.71. The molecule has 0 spiro atoms. The van der Waals surface area contributed by atoms with Crippen molar-refractivity contribution in [3.8, 4) is 0 Å². The van der Waals surface area contributed by atoms with E-state index in [1.54, 1.807) is 0 Å². The molecule has 0 amide bonds. The molecule has 0 bridgehead atoms. The summed E-state index contributed by atoms with van der Waals surface area (Å²) in [5.74, 6) is 0. The highest BCUT2D eigenvalue weighted by Gasteiger charge is 2.25. The molecule has 4 heteroatoms. The first-order valence-corrected chi connectivity index (χ1v) is 7.73. The molecule has 2 rings (SSSR count). The van der Waals surface area contributed by atoms with Crippen molar-refractivity contribution in [2.75, 3.05) is 37.6 Å². The maximum absolute atomic E-state index is 6.28. The standard InChI is InChI=1S/C16H26ClN3/c1-16(2,3)15(18)12-19-8-10-20(11-9-19)14-7-5-4-6-13(14)17/h4-7,15H,8-12,18H2,1-3H3. The first-order chi connectivity index (χ1) is 9.38. The summed E-state index contributed by atoms with van der Waals surface area (Å²) in [5.41, 5.74) is 7.59. The van der Waals surface area contributed by atoms with Gasteiger partial charge in [-0.1, -0.05) is 44.5 Å². The number of hydrogen-bond donors (Lipinski definition) is 1. The fourth-order valence-corrected chi connectivity index (χ4v) is 2.69. The third-order valence-corrected chi connectivity index (χ3v) is 4.45. The number of benzene rings is 1. The van der Waals surface area contributed by atoms with Gasteiger partial charge < -0.3 is 10.6 Å². The van der Waals surface area contributed by atoms with E-state index in [0.717, 1.165) is 43.4 Å². The minimum absolute atomic E-state index is 0.167. The molecule has 1 aromatic rings. The summed E-state index contributed by atoms with van der Waals surface area (Å²) >= 11 is 6.26. The summed E-state index contributed by atoms with van der Waals surface area (Å²) in [7, 11) is 0. The molecule has 20 heavy (non-hydrogen) atoms. The molecule has 1 aliphatic heterocycles. The van der Waals surface area contributed by atoms with Gasteiger partial charge in [0.15, 0.2) is 0 Å². The van der Waals surface area contributed by atoms with Gasteiger partial charge in [0.1, 0.15) is 0 Å². The average molecular weight is 296 g/mol. The highest BCUT2D eigenvalue weighted by Crippen LogP contribution is 2.26. The molecular formula is C16H26ClN3. The Hall–Kier alpha value is -0.770. The van der Waals surface area contributed by atoms with Crippen molar-refractivity contribution >= 4 is 17.3 Å². The van der Waals surface area contributed by atoms with Crippen LogP contribution in [0.5, 0.6) is 0 Å². The molecule has 1 heterocycles. The van der Waals surface area contributed by atoms with Gasteiger partial charge in [-0.15, -0.1) is 0 Å². The largest absolute Gasteiger partial charge is 0.368 e. The molecule has 1 fully saturated rings. The maximum atomic E-state index is 6.28. The van der Waals surface area contributed by atoms with Gasteiger partial charge in [-0.3, -0.25) is 4.90 Å². The fraction of sp³-hybridized carbons (Fsp3) is 0.625. The predicted molar refractivity (Wildman–Crippen MR) is 87.5 cm³/mol. The van der Waals surface area contributed by atoms with Crippen molar-refractivity contribution in [2.24, 2.45) is 11.1 Å². The second kappa shape index (κ2) is 6.33. The number of nitrogens with zero attached hydrogens (tertiary/aromatic N) is 2. The summed E-state index contributed by atoms with van der Waals surface area (Å²) in [5, 5.41) is 0.840. The molecule has 1 aromatic carbocycles. The number of anilines is 1. The van der Waals surface area contributed by atoms with Gasteiger partial charge >= 0.3 is 0 Å². The van der Waals surface area contributed by atoms with Crippen LogP contribution in [0.3, 0.4) is 0 Å². The molecule has 0 aliphatic carbocycles. The zero-order valence-corrected chi connectivity index (χ0v) is 13.5. The van der Waals surface area contributed by atoms with E-state index in [4.69, 9.17) is 17.3 Å². The Morgan fingerprint density at radius 1 is 1.15 bits per heavy atom. The van der Waals surface area contributed by atoms with Gasteiger partial charge in [-0.05, 0) is 17.5 Å². The minimum Gasteiger partial charge on any atom is -0.368 e. The van der Waals surface area contributed by atoms with Crippen LogP contribution in [0.25, 0.3) is 0 Å². The van der Waals surface area contributed by atoms with Crippen molar-refractivity contribution in [1.29, 1.82) is 0 Å². The van der Waals surface area contributed by atoms with Crippen molar-refractivity contribution in [2.45, 2.75) is 26.8 Å². The Balaban J connectivity index is 1.88. The lowest BCUT2D eigenvalue weighted by atomic mass is 9.87. The smallest absolute Gasteiger partial charge is 0.0639 e. The van der Waals surface area contributed by atoms with Crippen LogP contribution < -0.4 is 10.6 Å². The zero-order chi connectivity index (χ0) is 14.8. The van der Waals surface area contributed by atoms with Gasteiger partial charge in [-0.2, -0.15) is 0 Å². The maximum Gasteiger partial charge on any atom is 0.0639 e. The van der Waals surface area contributed by atoms with E-state index in [1.807, 2.05) is 18.2 Å². The lowest BCUT2D eigenvalue weighted by Gasteiger charge is -2.39. The lowest BCUT2D eigenvalue weighted by Crippen LogP contribution is -2.52. The Morgan fingerprint density at radius 2 is 1.75 bits per heavy atom. The SMILES string of the molecule is CC(C)(C)C(N)CN1CCN(c2ccccc2Cl)CC1. The Labute approximate surface area is 127 Å². The number of nitrogens with two attached hydrogens (primary N) is 1. The van der Waals surface area contributed by atoms with Crippen LogP contribution >= 0.6 is 11.6 Å². The summed E-state index contributed by atoms with van der Waals surface area (Å²) in [6.07, 6.45) is 0. The summed E-state index contributed by atoms with van der Waals surface area (Å²) in [4.78, 5) is 4.82. The molecule has 0 radical (unpaired) electrons. The average Bonchev–Trinajstić information content (AvgIpc) is 2.39. The third-order valence-electron chi connectivity index (χ3n) is 4.13. The van der Waals surface area contributed by atoms with Crippen LogP contribution in [0.4, 0.5) is 5.69 Å². The van der Waals surface area contributed by atoms with Crippen molar-refractivity contribution in [3.63, 3.8) is 0 Å². The molecule has 1 saturated heterocycles. The second-order valence-corrected chi connectivity index (χ2v) is 7.12. The number of hydrogen-bond acceptors (Lipinski definition) is 3. The van der Waals surface area contributed by atoms with E-state index < -0.39 is 0 Å². The summed E-state index contributed by atoms with van der Waals surface area (Å²) < 4.78 is 0. The lowest BCUT2D eigenvalue weighted by molar-refractivity contribution is 0.191. The summed E-state index contributed by atoms with van der Waals surface area (Å²) in [6.45, 7) is 11.7. The number of para-hydroxylation sites is 1. The third kappa shape index (κ3) is 3.87. The fourth-order valence-electron chi connectivity index (χ4n) is 2.43. The van der Waals surface area contributed by atoms with Crippen LogP contribution in [0.2, 0.25) is 5.02 Å². The highest BCUT2D eigenvalue weighted by molar-refractivity contribution is 6.33. The van der Waals surface area contributed by atoms with Crippen molar-refractivity contribution in [1.82, 2.24) is 4.90 Å². The van der Waals surface area contributed by atoms with Gasteiger partial charge in [-0.25, -0.2) is 0 Å². The van der Waals surface area contributed by atoms with Gasteiger partial charge in [0.25, 0.3) is 0 Å². The van der Waals surface area contributed by atoms with E-state index in [0.29, 0.717) is 0 Å². The van der Waals surface area contributed by atoms with E-state index in [2.05, 4.69) is 36.6 Å². The first-order valence-electron chi connectivity index (χ1n) is 7.35. The van der Waals surface area contributed by atoms with Crippen LogP contribution in [0, 0.1) is 5.41 Å². The molecule has 112 valence electrons. The molecule has 3 nitrogen and oxygen atoms in total. The van der Waals surface area contributed by atoms with Crippen LogP contribution in [0.1, 0.15) is 20.8 Å². The quantitative estimate of drug-likeness (QED) is 0.931. The normalized spacial score (nSPS) is 19.1. The van der Waals surface area contributed by atoms with Crippen LogP contribution in [-0.4, -0.2) is 43.7 Å². The van der Waals surface area contributed by atoms with Gasteiger partial charge in [0.05, 0.1) is 10.7 Å². The number of halogens is 1. The van der Waals surface area contributed by atoms with E-state index >= 15 is 0 Å². The zero-order valence-electron chi connectivity index (χ0n) is 12.8. The predicted octanol–water partition coefficient (Wildman–Crippen LogP) is 2.84. The van der Waals surface area contributed by atoms with E-state index in [1.165, 1.54) is 0 Å². The molecule has 2 N–H and O–H groups in total. The van der Waals surface area contributed by atoms with E-state index in [9.17, 15) is 0 Å². The Morgan fingerprint density at radius 3 is 2.30 bits per heavy atom. The number of piperazine rings is 1. The summed E-state index contributed by atoms with van der Waals surface area (Å²) in [6, 6.07) is 8.29. The molecule has 1 atom stereocenters. The van der Waals surface area contributed by atoms with Gasteiger partial charge in [0, 0.05) is 38.8 Å². The molecule has 1 aliphatic rings. The monoisotopic (exact) mass is 295 g/mol. The topological polar surface area (TPSA) is 32.5 Å². The molecule has 0 saturated carbocycles. The molecule has 1 unspecified atom stereocenters. The van der Waals surface area contributed by atoms with Crippen molar-refractivity contribution < 1.29 is 0 Å². The molecular weight excluding hydrogens is 270 g/mol. The van der Waals surface area contributed by atoms with Gasteiger partial charge in [0.2, 0.25) is 0 Å². The number of rotatable bonds is 3. The van der Waals surface area contributed by atoms with Crippen LogP contribution in [-0.2, 0) is 0 Å². The molecule has 0 aromatic heterocycles. The van der Waals surface area contributed by atoms with Crippen molar-refractivity contribution in [3.05, 3.63) is 29.3 Å².